The van der Waals surface area contributed by atoms with Gasteiger partial charge in [-0.2, -0.15) is 5.21 Å². The Bertz CT molecular complexity index is 921. The molecule has 0 saturated heterocycles. The van der Waals surface area contributed by atoms with Crippen LogP contribution in [0, 0.1) is 0 Å². The number of rotatable bonds is 13. The first-order valence-electron chi connectivity index (χ1n) is 10.7. The smallest absolute Gasteiger partial charge is 0.347 e. The van der Waals surface area contributed by atoms with E-state index in [4.69, 9.17) is 9.15 Å². The van der Waals surface area contributed by atoms with Gasteiger partial charge >= 0.3 is 5.63 Å². The second-order valence-electron chi connectivity index (χ2n) is 7.39. The van der Waals surface area contributed by atoms with E-state index in [0.717, 1.165) is 18.2 Å². The fraction of sp³-hybridized carbons (Fsp3) is 0.545. The normalized spacial score (nSPS) is 11.2. The zero-order chi connectivity index (χ0) is 20.3. The fourth-order valence-corrected chi connectivity index (χ4v) is 3.43. The molecule has 1 N–H and O–H groups in total. The number of H-pyrrole nitrogens is 1. The van der Waals surface area contributed by atoms with Gasteiger partial charge in [-0.15, -0.1) is 10.2 Å². The summed E-state index contributed by atoms with van der Waals surface area (Å²) < 4.78 is 11.4. The van der Waals surface area contributed by atoms with Crippen LogP contribution in [0.15, 0.2) is 33.5 Å². The van der Waals surface area contributed by atoms with Crippen LogP contribution in [0.1, 0.15) is 71.1 Å². The van der Waals surface area contributed by atoms with Crippen LogP contribution in [0.5, 0.6) is 5.75 Å². The van der Waals surface area contributed by atoms with Crippen molar-refractivity contribution in [2.24, 2.45) is 0 Å². The van der Waals surface area contributed by atoms with Crippen LogP contribution in [0.2, 0.25) is 0 Å². The molecule has 0 amide bonds. The Morgan fingerprint density at radius 1 is 1.00 bits per heavy atom. The van der Waals surface area contributed by atoms with Crippen molar-refractivity contribution in [1.82, 2.24) is 20.6 Å². The summed E-state index contributed by atoms with van der Waals surface area (Å²) in [6.07, 6.45) is 12.8. The Kier molecular flexibility index (Phi) is 8.22. The molecule has 0 spiro atoms. The van der Waals surface area contributed by atoms with Crippen LogP contribution in [0.3, 0.4) is 0 Å². The molecule has 0 unspecified atom stereocenters. The molecule has 0 saturated carbocycles. The van der Waals surface area contributed by atoms with E-state index in [1.54, 1.807) is 6.07 Å². The van der Waals surface area contributed by atoms with Gasteiger partial charge in [0, 0.05) is 5.39 Å². The maximum atomic E-state index is 12.3. The van der Waals surface area contributed by atoms with Gasteiger partial charge in [0.05, 0.1) is 6.61 Å². The highest BCUT2D eigenvalue weighted by Gasteiger charge is 2.14. The Morgan fingerprint density at radius 3 is 2.41 bits per heavy atom. The monoisotopic (exact) mass is 398 g/mol. The summed E-state index contributed by atoms with van der Waals surface area (Å²) in [6.45, 7) is 2.87. The van der Waals surface area contributed by atoms with Crippen molar-refractivity contribution in [2.75, 3.05) is 6.61 Å². The molecule has 3 rings (SSSR count). The summed E-state index contributed by atoms with van der Waals surface area (Å²) in [5.41, 5.74) is 0.226. The van der Waals surface area contributed by atoms with Crippen LogP contribution in [-0.2, 0) is 0 Å². The Morgan fingerprint density at radius 2 is 1.72 bits per heavy atom. The van der Waals surface area contributed by atoms with Crippen LogP contribution >= 0.6 is 0 Å². The molecule has 7 heteroatoms. The molecule has 2 aromatic heterocycles. The van der Waals surface area contributed by atoms with Gasteiger partial charge in [0.2, 0.25) is 5.82 Å². The molecule has 0 bridgehead atoms. The highest BCUT2D eigenvalue weighted by Crippen LogP contribution is 2.27. The van der Waals surface area contributed by atoms with E-state index in [2.05, 4.69) is 27.5 Å². The molecule has 0 atom stereocenters. The predicted molar refractivity (Wildman–Crippen MR) is 113 cm³/mol. The minimum Gasteiger partial charge on any atom is -0.490 e. The van der Waals surface area contributed by atoms with Gasteiger partial charge in [0.1, 0.15) is 5.56 Å². The number of benzene rings is 1. The van der Waals surface area contributed by atoms with Crippen molar-refractivity contribution >= 4 is 11.0 Å². The van der Waals surface area contributed by atoms with Crippen LogP contribution in [-0.4, -0.2) is 27.2 Å². The zero-order valence-electron chi connectivity index (χ0n) is 17.2. The van der Waals surface area contributed by atoms with Gasteiger partial charge in [-0.05, 0) is 23.8 Å². The van der Waals surface area contributed by atoms with E-state index in [1.807, 2.05) is 18.2 Å². The number of unbranched alkanes of at least 4 members (excludes halogenated alkanes) is 9. The highest BCUT2D eigenvalue weighted by molar-refractivity contribution is 5.85. The van der Waals surface area contributed by atoms with E-state index in [-0.39, 0.29) is 11.4 Å². The molecular weight excluding hydrogens is 368 g/mol. The number of tetrazole rings is 1. The van der Waals surface area contributed by atoms with Gasteiger partial charge in [-0.1, -0.05) is 76.8 Å². The second kappa shape index (κ2) is 11.3. The van der Waals surface area contributed by atoms with E-state index >= 15 is 0 Å². The molecule has 3 aromatic rings. The molecule has 0 radical (unpaired) electrons. The Labute approximate surface area is 170 Å². The summed E-state index contributed by atoms with van der Waals surface area (Å²) in [7, 11) is 0. The first kappa shape index (κ1) is 21.0. The van der Waals surface area contributed by atoms with Crippen LogP contribution < -0.4 is 10.4 Å². The van der Waals surface area contributed by atoms with E-state index in [9.17, 15) is 4.79 Å². The third-order valence-electron chi connectivity index (χ3n) is 5.07. The summed E-state index contributed by atoms with van der Waals surface area (Å²) in [5, 5.41) is 14.3. The first-order chi connectivity index (χ1) is 14.3. The Hall–Kier alpha value is -2.70. The number of hydrogen-bond acceptors (Lipinski definition) is 6. The average Bonchev–Trinajstić information content (AvgIpc) is 3.26. The van der Waals surface area contributed by atoms with Gasteiger partial charge in [0.15, 0.2) is 11.3 Å². The van der Waals surface area contributed by atoms with Crippen LogP contribution in [0.25, 0.3) is 22.4 Å². The summed E-state index contributed by atoms with van der Waals surface area (Å²) in [6, 6.07) is 7.29. The van der Waals surface area contributed by atoms with Crippen LogP contribution in [0.4, 0.5) is 0 Å². The van der Waals surface area contributed by atoms with E-state index in [0.29, 0.717) is 17.9 Å². The van der Waals surface area contributed by atoms with Gasteiger partial charge in [0.25, 0.3) is 0 Å². The molecule has 2 heterocycles. The van der Waals surface area contributed by atoms with Crippen molar-refractivity contribution in [1.29, 1.82) is 0 Å². The number of hydrogen-bond donors (Lipinski definition) is 1. The van der Waals surface area contributed by atoms with Gasteiger partial charge in [-0.25, -0.2) is 4.79 Å². The van der Waals surface area contributed by atoms with E-state index < -0.39 is 5.63 Å². The third-order valence-corrected chi connectivity index (χ3v) is 5.07. The molecule has 0 aliphatic rings. The average molecular weight is 399 g/mol. The lowest BCUT2D eigenvalue weighted by molar-refractivity contribution is 0.302. The highest BCUT2D eigenvalue weighted by atomic mass is 16.5. The van der Waals surface area contributed by atoms with Gasteiger partial charge < -0.3 is 9.15 Å². The molecule has 156 valence electrons. The van der Waals surface area contributed by atoms with Crippen molar-refractivity contribution in [3.8, 4) is 17.1 Å². The number of ether oxygens (including phenoxy) is 1. The predicted octanol–water partition coefficient (Wildman–Crippen LogP) is 5.27. The molecular formula is C22H30N4O3. The number of para-hydroxylation sites is 1. The lowest BCUT2D eigenvalue weighted by Crippen LogP contribution is -2.05. The van der Waals surface area contributed by atoms with Crippen molar-refractivity contribution in [3.63, 3.8) is 0 Å². The summed E-state index contributed by atoms with van der Waals surface area (Å²) in [5.74, 6) is 0.813. The molecule has 0 aliphatic heterocycles. The second-order valence-corrected chi connectivity index (χ2v) is 7.39. The summed E-state index contributed by atoms with van der Waals surface area (Å²) in [4.78, 5) is 12.3. The number of aromatic amines is 1. The maximum absolute atomic E-state index is 12.3. The SMILES string of the molecule is CCCCCCCCCCCCOc1cccc2cc(-c3nn[nH]n3)c(=O)oc12. The lowest BCUT2D eigenvalue weighted by Gasteiger charge is -2.08. The minimum absolute atomic E-state index is 0.220. The zero-order valence-corrected chi connectivity index (χ0v) is 17.2. The number of aromatic nitrogens is 4. The van der Waals surface area contributed by atoms with Crippen molar-refractivity contribution < 1.29 is 9.15 Å². The summed E-state index contributed by atoms with van der Waals surface area (Å²) >= 11 is 0. The van der Waals surface area contributed by atoms with E-state index in [1.165, 1.54) is 51.4 Å². The molecule has 0 aliphatic carbocycles. The maximum Gasteiger partial charge on any atom is 0.347 e. The third kappa shape index (κ3) is 6.14. The quantitative estimate of drug-likeness (QED) is 0.311. The number of fused-ring (bicyclic) bond motifs is 1. The van der Waals surface area contributed by atoms with Crippen molar-refractivity contribution in [2.45, 2.75) is 71.1 Å². The molecule has 0 fully saturated rings. The molecule has 29 heavy (non-hydrogen) atoms. The van der Waals surface area contributed by atoms with Crippen molar-refractivity contribution in [3.05, 3.63) is 34.7 Å². The number of nitrogens with zero attached hydrogens (tertiary/aromatic N) is 3. The number of nitrogens with one attached hydrogen (secondary N) is 1. The lowest BCUT2D eigenvalue weighted by atomic mass is 10.1. The molecule has 1 aromatic carbocycles. The largest absolute Gasteiger partial charge is 0.490 e. The topological polar surface area (TPSA) is 93.9 Å². The minimum atomic E-state index is -0.506. The standard InChI is InChI=1S/C22H30N4O3/c1-2-3-4-5-6-7-8-9-10-11-15-28-19-14-12-13-17-16-18(21-23-25-26-24-21)22(27)29-20(17)19/h12-14,16H,2-11,15H2,1H3,(H,23,24,25,26). The Balaban J connectivity index is 1.45. The first-order valence-corrected chi connectivity index (χ1v) is 10.7. The molecule has 7 nitrogen and oxygen atoms in total. The fourth-order valence-electron chi connectivity index (χ4n) is 3.43. The van der Waals surface area contributed by atoms with Gasteiger partial charge in [-0.3, -0.25) is 0 Å².